The molecule has 0 saturated heterocycles. The van der Waals surface area contributed by atoms with Crippen molar-refractivity contribution in [2.45, 2.75) is 0 Å². The number of hydrogen-bond donors (Lipinski definition) is 0. The van der Waals surface area contributed by atoms with Crippen molar-refractivity contribution in [3.05, 3.63) is 113 Å². The van der Waals surface area contributed by atoms with E-state index in [4.69, 9.17) is 4.42 Å². The number of furan rings is 1. The van der Waals surface area contributed by atoms with Gasteiger partial charge in [-0.2, -0.15) is 0 Å². The lowest BCUT2D eigenvalue weighted by Gasteiger charge is -2.09. The highest BCUT2D eigenvalue weighted by atomic mass is 32.1. The normalized spacial score (nSPS) is 12.1. The van der Waals surface area contributed by atoms with Crippen LogP contribution in [0.25, 0.3) is 69.6 Å². The van der Waals surface area contributed by atoms with Gasteiger partial charge >= 0.3 is 0 Å². The summed E-state index contributed by atoms with van der Waals surface area (Å²) in [6, 6.07) is 35.1. The van der Waals surface area contributed by atoms with Crippen LogP contribution >= 0.6 is 11.3 Å². The Balaban J connectivity index is 1.45. The smallest absolute Gasteiger partial charge is 0.195 e. The van der Waals surface area contributed by atoms with E-state index in [2.05, 4.69) is 65.2 Å². The van der Waals surface area contributed by atoms with Crippen LogP contribution < -0.4 is 5.43 Å². The molecule has 3 aromatic heterocycles. The zero-order valence-electron chi connectivity index (χ0n) is 18.5. The zero-order valence-corrected chi connectivity index (χ0v) is 19.3. The molecule has 0 aliphatic rings. The van der Waals surface area contributed by atoms with Crippen molar-refractivity contribution >= 4 is 75.3 Å². The Morgan fingerprint density at radius 3 is 1.97 bits per heavy atom. The van der Waals surface area contributed by atoms with Crippen LogP contribution in [0.1, 0.15) is 0 Å². The average molecular weight is 468 g/mol. The maximum atomic E-state index is 13.8. The SMILES string of the molecule is O=c1c2cc(-n3c4ccccc4c4ccccc43)ccc2sc2cc3oc4ccccc4c3cc12. The molecule has 0 unspecified atom stereocenters. The zero-order chi connectivity index (χ0) is 23.1. The lowest BCUT2D eigenvalue weighted by molar-refractivity contribution is 0.669. The average Bonchev–Trinajstić information content (AvgIpc) is 3.43. The van der Waals surface area contributed by atoms with Gasteiger partial charge in [-0.05, 0) is 48.5 Å². The van der Waals surface area contributed by atoms with E-state index in [-0.39, 0.29) is 5.43 Å². The van der Waals surface area contributed by atoms with Crippen molar-refractivity contribution in [1.29, 1.82) is 0 Å². The maximum absolute atomic E-state index is 13.8. The Hall–Kier alpha value is -4.41. The molecule has 0 fully saturated rings. The summed E-state index contributed by atoms with van der Waals surface area (Å²) in [5.41, 5.74) is 4.98. The molecule has 0 saturated carbocycles. The van der Waals surface area contributed by atoms with Gasteiger partial charge in [-0.15, -0.1) is 11.3 Å². The van der Waals surface area contributed by atoms with E-state index in [0.29, 0.717) is 0 Å². The molecule has 5 aromatic carbocycles. The summed E-state index contributed by atoms with van der Waals surface area (Å²) in [7, 11) is 0. The first kappa shape index (κ1) is 19.0. The number of para-hydroxylation sites is 3. The van der Waals surface area contributed by atoms with Crippen molar-refractivity contribution in [3.63, 3.8) is 0 Å². The number of benzene rings is 5. The summed E-state index contributed by atoms with van der Waals surface area (Å²) in [4.78, 5) is 13.8. The molecule has 0 amide bonds. The van der Waals surface area contributed by atoms with Gasteiger partial charge < -0.3 is 8.98 Å². The van der Waals surface area contributed by atoms with Crippen molar-refractivity contribution in [1.82, 2.24) is 4.57 Å². The molecule has 0 aliphatic heterocycles. The summed E-state index contributed by atoms with van der Waals surface area (Å²) in [6.45, 7) is 0. The fourth-order valence-corrected chi connectivity index (χ4v) is 6.46. The van der Waals surface area contributed by atoms with Crippen LogP contribution in [0.4, 0.5) is 0 Å². The molecule has 0 N–H and O–H groups in total. The summed E-state index contributed by atoms with van der Waals surface area (Å²) in [6.07, 6.45) is 0. The highest BCUT2D eigenvalue weighted by Crippen LogP contribution is 2.36. The molecular formula is C31H17NO2S. The van der Waals surface area contributed by atoms with Crippen molar-refractivity contribution in [2.24, 2.45) is 0 Å². The largest absolute Gasteiger partial charge is 0.456 e. The van der Waals surface area contributed by atoms with Crippen LogP contribution in [-0.2, 0) is 0 Å². The fourth-order valence-electron chi connectivity index (χ4n) is 5.40. The summed E-state index contributed by atoms with van der Waals surface area (Å²) in [5.74, 6) is 0. The fraction of sp³-hybridized carbons (Fsp3) is 0. The van der Waals surface area contributed by atoms with E-state index < -0.39 is 0 Å². The van der Waals surface area contributed by atoms with E-state index in [9.17, 15) is 4.79 Å². The molecule has 8 aromatic rings. The van der Waals surface area contributed by atoms with E-state index in [1.807, 2.05) is 42.5 Å². The predicted octanol–water partition coefficient (Wildman–Crippen LogP) is 8.41. The second-order valence-electron chi connectivity index (χ2n) is 8.92. The standard InChI is InChI=1S/C31H17NO2S/c33-31-23-15-18(32-25-10-4-1-7-19(25)20-8-2-5-11-26(20)32)13-14-29(23)35-30-17-28-22(16-24(30)31)21-9-3-6-12-27(21)34-28/h1-17H. The molecule has 0 bridgehead atoms. The van der Waals surface area contributed by atoms with Gasteiger partial charge in [0.25, 0.3) is 0 Å². The molecule has 0 spiro atoms. The van der Waals surface area contributed by atoms with Crippen LogP contribution in [0, 0.1) is 0 Å². The Kier molecular flexibility index (Phi) is 3.69. The van der Waals surface area contributed by atoms with Crippen LogP contribution in [0.15, 0.2) is 112 Å². The van der Waals surface area contributed by atoms with Gasteiger partial charge in [0.15, 0.2) is 5.43 Å². The van der Waals surface area contributed by atoms with E-state index >= 15 is 0 Å². The Morgan fingerprint density at radius 2 is 1.20 bits per heavy atom. The molecular weight excluding hydrogens is 450 g/mol. The van der Waals surface area contributed by atoms with Gasteiger partial charge in [-0.25, -0.2) is 0 Å². The first-order chi connectivity index (χ1) is 17.3. The lowest BCUT2D eigenvalue weighted by Crippen LogP contribution is -2.02. The summed E-state index contributed by atoms with van der Waals surface area (Å²) < 4.78 is 10.2. The van der Waals surface area contributed by atoms with Crippen LogP contribution in [0.2, 0.25) is 0 Å². The number of aromatic nitrogens is 1. The molecule has 4 heteroatoms. The summed E-state index contributed by atoms with van der Waals surface area (Å²) >= 11 is 1.63. The minimum Gasteiger partial charge on any atom is -0.456 e. The van der Waals surface area contributed by atoms with Crippen molar-refractivity contribution < 1.29 is 4.42 Å². The van der Waals surface area contributed by atoms with E-state index in [1.165, 1.54) is 10.8 Å². The van der Waals surface area contributed by atoms with Gasteiger partial charge in [0.2, 0.25) is 0 Å². The summed E-state index contributed by atoms with van der Waals surface area (Å²) in [5, 5.41) is 5.92. The highest BCUT2D eigenvalue weighted by molar-refractivity contribution is 7.24. The molecule has 8 rings (SSSR count). The Morgan fingerprint density at radius 1 is 0.543 bits per heavy atom. The second kappa shape index (κ2) is 6.81. The first-order valence-corrected chi connectivity index (χ1v) is 12.4. The number of nitrogens with zero attached hydrogens (tertiary/aromatic N) is 1. The topological polar surface area (TPSA) is 35.1 Å². The lowest BCUT2D eigenvalue weighted by atomic mass is 10.1. The van der Waals surface area contributed by atoms with Gasteiger partial charge in [0, 0.05) is 47.4 Å². The van der Waals surface area contributed by atoms with Crippen molar-refractivity contribution in [3.8, 4) is 5.69 Å². The number of fused-ring (bicyclic) bond motifs is 8. The van der Waals surface area contributed by atoms with Gasteiger partial charge in [-0.3, -0.25) is 4.79 Å². The second-order valence-corrected chi connectivity index (χ2v) is 10.0. The highest BCUT2D eigenvalue weighted by Gasteiger charge is 2.15. The van der Waals surface area contributed by atoms with Gasteiger partial charge in [0.1, 0.15) is 11.2 Å². The quantitative estimate of drug-likeness (QED) is 0.227. The Labute approximate surface area is 203 Å². The molecule has 0 atom stereocenters. The minimum absolute atomic E-state index is 0.0588. The molecule has 164 valence electrons. The molecule has 0 aliphatic carbocycles. The van der Waals surface area contributed by atoms with E-state index in [1.54, 1.807) is 11.3 Å². The number of rotatable bonds is 1. The van der Waals surface area contributed by atoms with Crippen molar-refractivity contribution in [2.75, 3.05) is 0 Å². The van der Waals surface area contributed by atoms with Gasteiger partial charge in [0.05, 0.1) is 11.0 Å². The van der Waals surface area contributed by atoms with Crippen LogP contribution in [0.5, 0.6) is 0 Å². The third kappa shape index (κ3) is 2.57. The third-order valence-corrected chi connectivity index (χ3v) is 8.12. The first-order valence-electron chi connectivity index (χ1n) is 11.6. The number of hydrogen-bond acceptors (Lipinski definition) is 3. The van der Waals surface area contributed by atoms with Crippen LogP contribution in [0.3, 0.4) is 0 Å². The third-order valence-electron chi connectivity index (χ3n) is 6.99. The molecule has 0 radical (unpaired) electrons. The Bertz CT molecular complexity index is 2140. The van der Waals surface area contributed by atoms with E-state index in [0.717, 1.165) is 58.8 Å². The minimum atomic E-state index is 0.0588. The molecule has 3 nitrogen and oxygen atoms in total. The monoisotopic (exact) mass is 467 g/mol. The predicted molar refractivity (Wildman–Crippen MR) is 147 cm³/mol. The molecule has 35 heavy (non-hydrogen) atoms. The molecule has 3 heterocycles. The van der Waals surface area contributed by atoms with Gasteiger partial charge in [-0.1, -0.05) is 54.6 Å². The van der Waals surface area contributed by atoms with Crippen LogP contribution in [-0.4, -0.2) is 4.57 Å². The maximum Gasteiger partial charge on any atom is 0.195 e.